The van der Waals surface area contributed by atoms with E-state index in [0.717, 1.165) is 31.7 Å². The second-order valence-corrected chi connectivity index (χ2v) is 4.11. The van der Waals surface area contributed by atoms with Gasteiger partial charge in [-0.05, 0) is 18.1 Å². The Balaban J connectivity index is 1.84. The maximum absolute atomic E-state index is 12.1. The van der Waals surface area contributed by atoms with E-state index < -0.39 is 0 Å². The van der Waals surface area contributed by atoms with Crippen LogP contribution in [0.5, 0.6) is 0 Å². The lowest BCUT2D eigenvalue weighted by molar-refractivity contribution is 0.0727. The Kier molecular flexibility index (Phi) is 1.99. The van der Waals surface area contributed by atoms with Crippen LogP contribution in [-0.4, -0.2) is 36.6 Å². The number of fused-ring (bicyclic) bond motifs is 1. The lowest BCUT2D eigenvalue weighted by atomic mass is 9.99. The van der Waals surface area contributed by atoms with Gasteiger partial charge in [-0.1, -0.05) is 18.2 Å². The van der Waals surface area contributed by atoms with Crippen LogP contribution in [0.15, 0.2) is 24.3 Å². The maximum Gasteiger partial charge on any atom is 0.254 e. The van der Waals surface area contributed by atoms with E-state index >= 15 is 0 Å². The van der Waals surface area contributed by atoms with E-state index in [-0.39, 0.29) is 5.91 Å². The number of rotatable bonds is 2. The van der Waals surface area contributed by atoms with Crippen molar-refractivity contribution in [3.8, 4) is 0 Å². The summed E-state index contributed by atoms with van der Waals surface area (Å²) in [6, 6.07) is 7.87. The van der Waals surface area contributed by atoms with Gasteiger partial charge in [-0.2, -0.15) is 0 Å². The number of benzene rings is 1. The molecule has 1 aromatic carbocycles. The smallest absolute Gasteiger partial charge is 0.254 e. The van der Waals surface area contributed by atoms with E-state index in [4.69, 9.17) is 4.74 Å². The zero-order chi connectivity index (χ0) is 10.3. The summed E-state index contributed by atoms with van der Waals surface area (Å²) in [5, 5.41) is 0. The highest BCUT2D eigenvalue weighted by molar-refractivity contribution is 5.96. The average Bonchev–Trinajstić information content (AvgIpc) is 3.07. The van der Waals surface area contributed by atoms with E-state index in [9.17, 15) is 4.79 Å². The zero-order valence-corrected chi connectivity index (χ0v) is 8.48. The standard InChI is InChI=1S/C12H13NO2/c14-12-11-4-2-1-3-9(11)5-6-13(12)7-10-8-15-10/h1-4,10H,5-8H2. The van der Waals surface area contributed by atoms with Gasteiger partial charge in [0.2, 0.25) is 0 Å². The normalized spacial score (nSPS) is 23.9. The van der Waals surface area contributed by atoms with E-state index in [0.29, 0.717) is 6.10 Å². The molecule has 1 saturated heterocycles. The highest BCUT2D eigenvalue weighted by Gasteiger charge is 2.30. The summed E-state index contributed by atoms with van der Waals surface area (Å²) in [6.45, 7) is 2.40. The third-order valence-corrected chi connectivity index (χ3v) is 3.01. The number of hydrogen-bond acceptors (Lipinski definition) is 2. The Hall–Kier alpha value is -1.35. The molecule has 0 spiro atoms. The van der Waals surface area contributed by atoms with Gasteiger partial charge in [0.05, 0.1) is 12.7 Å². The first-order valence-corrected chi connectivity index (χ1v) is 5.33. The summed E-state index contributed by atoms with van der Waals surface area (Å²) in [7, 11) is 0. The molecule has 0 aromatic heterocycles. The van der Waals surface area contributed by atoms with Gasteiger partial charge < -0.3 is 9.64 Å². The van der Waals surface area contributed by atoms with E-state index in [1.807, 2.05) is 29.2 Å². The van der Waals surface area contributed by atoms with Crippen molar-refractivity contribution in [2.75, 3.05) is 19.7 Å². The Bertz CT molecular complexity index is 398. The van der Waals surface area contributed by atoms with Crippen molar-refractivity contribution < 1.29 is 9.53 Å². The Labute approximate surface area is 88.6 Å². The van der Waals surface area contributed by atoms with Crippen molar-refractivity contribution >= 4 is 5.91 Å². The second kappa shape index (κ2) is 3.35. The van der Waals surface area contributed by atoms with Gasteiger partial charge in [-0.3, -0.25) is 4.79 Å². The molecule has 3 heteroatoms. The van der Waals surface area contributed by atoms with Crippen LogP contribution in [0, 0.1) is 0 Å². The molecule has 2 heterocycles. The Morgan fingerprint density at radius 3 is 3.00 bits per heavy atom. The molecule has 0 bridgehead atoms. The lowest BCUT2D eigenvalue weighted by Gasteiger charge is -2.27. The summed E-state index contributed by atoms with van der Waals surface area (Å²) in [6.07, 6.45) is 1.26. The number of amides is 1. The van der Waals surface area contributed by atoms with Crippen LogP contribution in [0.2, 0.25) is 0 Å². The van der Waals surface area contributed by atoms with Crippen LogP contribution in [0.25, 0.3) is 0 Å². The fourth-order valence-corrected chi connectivity index (χ4v) is 2.07. The number of carbonyl (C=O) groups excluding carboxylic acids is 1. The molecule has 1 atom stereocenters. The van der Waals surface area contributed by atoms with Crippen LogP contribution in [0.3, 0.4) is 0 Å². The van der Waals surface area contributed by atoms with Gasteiger partial charge in [0.1, 0.15) is 0 Å². The third-order valence-electron chi connectivity index (χ3n) is 3.01. The van der Waals surface area contributed by atoms with Crippen LogP contribution >= 0.6 is 0 Å². The first kappa shape index (κ1) is 8.92. The van der Waals surface area contributed by atoms with E-state index in [1.54, 1.807) is 0 Å². The highest BCUT2D eigenvalue weighted by Crippen LogP contribution is 2.20. The predicted octanol–water partition coefficient (Wildman–Crippen LogP) is 1.08. The SMILES string of the molecule is O=C1c2ccccc2CCN1CC1CO1. The third kappa shape index (κ3) is 1.63. The average molecular weight is 203 g/mol. The van der Waals surface area contributed by atoms with Crippen LogP contribution in [0.4, 0.5) is 0 Å². The molecule has 0 N–H and O–H groups in total. The first-order chi connectivity index (χ1) is 7.34. The van der Waals surface area contributed by atoms with Gasteiger partial charge in [-0.15, -0.1) is 0 Å². The summed E-state index contributed by atoms with van der Waals surface area (Å²) in [5.41, 5.74) is 2.04. The van der Waals surface area contributed by atoms with Gasteiger partial charge >= 0.3 is 0 Å². The van der Waals surface area contributed by atoms with Gasteiger partial charge in [-0.25, -0.2) is 0 Å². The molecule has 15 heavy (non-hydrogen) atoms. The summed E-state index contributed by atoms with van der Waals surface area (Å²) < 4.78 is 5.15. The molecule has 1 amide bonds. The number of hydrogen-bond donors (Lipinski definition) is 0. The van der Waals surface area contributed by atoms with Crippen molar-refractivity contribution in [3.05, 3.63) is 35.4 Å². The van der Waals surface area contributed by atoms with Crippen LogP contribution in [0.1, 0.15) is 15.9 Å². The minimum atomic E-state index is 0.160. The number of epoxide rings is 1. The number of nitrogens with zero attached hydrogens (tertiary/aromatic N) is 1. The minimum absolute atomic E-state index is 0.160. The second-order valence-electron chi connectivity index (χ2n) is 4.11. The first-order valence-electron chi connectivity index (χ1n) is 5.33. The quantitative estimate of drug-likeness (QED) is 0.674. The van der Waals surface area contributed by atoms with Gasteiger partial charge in [0.15, 0.2) is 0 Å². The molecule has 3 rings (SSSR count). The molecule has 3 nitrogen and oxygen atoms in total. The fraction of sp³-hybridized carbons (Fsp3) is 0.417. The highest BCUT2D eigenvalue weighted by atomic mass is 16.6. The van der Waals surface area contributed by atoms with E-state index in [2.05, 4.69) is 0 Å². The molecule has 0 aliphatic carbocycles. The van der Waals surface area contributed by atoms with Crippen molar-refractivity contribution in [3.63, 3.8) is 0 Å². The molecule has 0 saturated carbocycles. The molecule has 1 fully saturated rings. The summed E-state index contributed by atoms with van der Waals surface area (Å²) >= 11 is 0. The molecule has 1 unspecified atom stereocenters. The molecule has 1 aromatic rings. The van der Waals surface area contributed by atoms with Gasteiger partial charge in [0.25, 0.3) is 5.91 Å². The van der Waals surface area contributed by atoms with Crippen molar-refractivity contribution in [1.82, 2.24) is 4.90 Å². The van der Waals surface area contributed by atoms with Crippen molar-refractivity contribution in [1.29, 1.82) is 0 Å². The monoisotopic (exact) mass is 203 g/mol. The topological polar surface area (TPSA) is 32.8 Å². The molecule has 2 aliphatic rings. The molecule has 2 aliphatic heterocycles. The van der Waals surface area contributed by atoms with Gasteiger partial charge in [0, 0.05) is 18.7 Å². The fourth-order valence-electron chi connectivity index (χ4n) is 2.07. The van der Waals surface area contributed by atoms with Crippen LogP contribution in [-0.2, 0) is 11.2 Å². The summed E-state index contributed by atoms with van der Waals surface area (Å²) in [4.78, 5) is 14.0. The molecular weight excluding hydrogens is 190 g/mol. The minimum Gasteiger partial charge on any atom is -0.371 e. The van der Waals surface area contributed by atoms with Crippen molar-refractivity contribution in [2.45, 2.75) is 12.5 Å². The Morgan fingerprint density at radius 1 is 1.40 bits per heavy atom. The number of carbonyl (C=O) groups is 1. The Morgan fingerprint density at radius 2 is 2.20 bits per heavy atom. The maximum atomic E-state index is 12.1. The molecule has 0 radical (unpaired) electrons. The molecular formula is C12H13NO2. The molecule has 78 valence electrons. The van der Waals surface area contributed by atoms with Crippen LogP contribution < -0.4 is 0 Å². The van der Waals surface area contributed by atoms with E-state index in [1.165, 1.54) is 5.56 Å². The summed E-state index contributed by atoms with van der Waals surface area (Å²) in [5.74, 6) is 0.160. The zero-order valence-electron chi connectivity index (χ0n) is 8.48. The lowest BCUT2D eigenvalue weighted by Crippen LogP contribution is -2.39. The predicted molar refractivity (Wildman–Crippen MR) is 55.8 cm³/mol. The largest absolute Gasteiger partial charge is 0.371 e. The van der Waals surface area contributed by atoms with Crippen molar-refractivity contribution in [2.24, 2.45) is 0 Å². The number of ether oxygens (including phenoxy) is 1.